The SMILES string of the molecule is CCC(N)C(c1cc(Br)cs1)n1nc(C)c(Br)c1C. The Morgan fingerprint density at radius 2 is 2.11 bits per heavy atom. The van der Waals surface area contributed by atoms with E-state index in [0.717, 1.165) is 26.8 Å². The molecular formula is C13H17Br2N3S. The zero-order valence-corrected chi connectivity index (χ0v) is 15.1. The number of rotatable bonds is 4. The molecule has 0 amide bonds. The lowest BCUT2D eigenvalue weighted by Gasteiger charge is -2.23. The Morgan fingerprint density at radius 1 is 1.42 bits per heavy atom. The van der Waals surface area contributed by atoms with E-state index in [9.17, 15) is 0 Å². The summed E-state index contributed by atoms with van der Waals surface area (Å²) in [5.74, 6) is 0. The third-order valence-electron chi connectivity index (χ3n) is 3.26. The number of halogens is 2. The third kappa shape index (κ3) is 2.96. The Kier molecular flexibility index (Phi) is 4.87. The highest BCUT2D eigenvalue weighted by molar-refractivity contribution is 9.10. The lowest BCUT2D eigenvalue weighted by atomic mass is 10.1. The summed E-state index contributed by atoms with van der Waals surface area (Å²) in [4.78, 5) is 1.24. The first-order valence-electron chi connectivity index (χ1n) is 6.16. The molecule has 0 fully saturated rings. The summed E-state index contributed by atoms with van der Waals surface area (Å²) in [5.41, 5.74) is 8.46. The molecule has 19 heavy (non-hydrogen) atoms. The van der Waals surface area contributed by atoms with Crippen LogP contribution in [0.15, 0.2) is 20.4 Å². The van der Waals surface area contributed by atoms with E-state index in [0.29, 0.717) is 0 Å². The summed E-state index contributed by atoms with van der Waals surface area (Å²) in [7, 11) is 0. The molecule has 0 aromatic carbocycles. The van der Waals surface area contributed by atoms with Crippen LogP contribution in [0, 0.1) is 13.8 Å². The molecule has 0 radical (unpaired) electrons. The average Bonchev–Trinajstić information content (AvgIpc) is 2.90. The minimum atomic E-state index is 0.0513. The highest BCUT2D eigenvalue weighted by Crippen LogP contribution is 2.33. The first-order chi connectivity index (χ1) is 8.95. The van der Waals surface area contributed by atoms with E-state index >= 15 is 0 Å². The van der Waals surface area contributed by atoms with Gasteiger partial charge in [-0.3, -0.25) is 4.68 Å². The van der Waals surface area contributed by atoms with Gasteiger partial charge in [-0.1, -0.05) is 6.92 Å². The highest BCUT2D eigenvalue weighted by Gasteiger charge is 2.25. The van der Waals surface area contributed by atoms with Crippen LogP contribution in [0.4, 0.5) is 0 Å². The van der Waals surface area contributed by atoms with Crippen molar-refractivity contribution in [1.82, 2.24) is 9.78 Å². The second kappa shape index (κ2) is 6.08. The van der Waals surface area contributed by atoms with Gasteiger partial charge in [0, 0.05) is 20.8 Å². The number of hydrogen-bond donors (Lipinski definition) is 1. The number of hydrogen-bond acceptors (Lipinski definition) is 3. The van der Waals surface area contributed by atoms with E-state index in [-0.39, 0.29) is 12.1 Å². The van der Waals surface area contributed by atoms with E-state index in [1.54, 1.807) is 11.3 Å². The van der Waals surface area contributed by atoms with Crippen molar-refractivity contribution in [2.24, 2.45) is 5.73 Å². The van der Waals surface area contributed by atoms with Gasteiger partial charge < -0.3 is 5.73 Å². The van der Waals surface area contributed by atoms with Gasteiger partial charge in [0.1, 0.15) is 6.04 Å². The number of nitrogens with zero attached hydrogens (tertiary/aromatic N) is 2. The Bertz CT molecular complexity index is 576. The predicted octanol–water partition coefficient (Wildman–Crippen LogP) is 4.41. The van der Waals surface area contributed by atoms with E-state index in [4.69, 9.17) is 5.73 Å². The number of thiophene rings is 1. The van der Waals surface area contributed by atoms with Gasteiger partial charge in [0.25, 0.3) is 0 Å². The lowest BCUT2D eigenvalue weighted by Crippen LogP contribution is -2.33. The topological polar surface area (TPSA) is 43.8 Å². The maximum absolute atomic E-state index is 6.33. The third-order valence-corrected chi connectivity index (χ3v) is 6.17. The van der Waals surface area contributed by atoms with E-state index in [1.807, 2.05) is 11.6 Å². The summed E-state index contributed by atoms with van der Waals surface area (Å²) in [5, 5.41) is 6.73. The number of aromatic nitrogens is 2. The van der Waals surface area contributed by atoms with Crippen molar-refractivity contribution in [1.29, 1.82) is 0 Å². The summed E-state index contributed by atoms with van der Waals surface area (Å²) in [6.07, 6.45) is 0.913. The molecule has 0 saturated heterocycles. The van der Waals surface area contributed by atoms with Crippen molar-refractivity contribution in [3.63, 3.8) is 0 Å². The molecule has 3 nitrogen and oxygen atoms in total. The van der Waals surface area contributed by atoms with Crippen LogP contribution < -0.4 is 5.73 Å². The minimum Gasteiger partial charge on any atom is -0.326 e. The van der Waals surface area contributed by atoms with Crippen LogP contribution in [0.25, 0.3) is 0 Å². The highest BCUT2D eigenvalue weighted by atomic mass is 79.9. The Balaban J connectivity index is 2.52. The van der Waals surface area contributed by atoms with E-state index < -0.39 is 0 Å². The maximum atomic E-state index is 6.33. The Labute approximate surface area is 134 Å². The molecule has 2 rings (SSSR count). The maximum Gasteiger partial charge on any atom is 0.101 e. The Hall–Kier alpha value is -0.170. The number of nitrogens with two attached hydrogens (primary N) is 1. The van der Waals surface area contributed by atoms with Gasteiger partial charge in [-0.2, -0.15) is 5.10 Å². The van der Waals surface area contributed by atoms with Gasteiger partial charge in [-0.25, -0.2) is 0 Å². The van der Waals surface area contributed by atoms with Crippen LogP contribution in [0.2, 0.25) is 0 Å². The normalized spacial score (nSPS) is 14.6. The largest absolute Gasteiger partial charge is 0.326 e. The van der Waals surface area contributed by atoms with Crippen molar-refractivity contribution >= 4 is 43.2 Å². The molecule has 0 bridgehead atoms. The summed E-state index contributed by atoms with van der Waals surface area (Å²) in [6.45, 7) is 6.19. The molecule has 0 spiro atoms. The first-order valence-corrected chi connectivity index (χ1v) is 8.63. The summed E-state index contributed by atoms with van der Waals surface area (Å²) < 4.78 is 4.21. The molecule has 2 aromatic rings. The standard InChI is InChI=1S/C13H17Br2N3S/c1-4-10(16)13(11-5-9(14)6-19-11)18-8(3)12(15)7(2)17-18/h5-6,10,13H,4,16H2,1-3H3. The molecule has 2 unspecified atom stereocenters. The van der Waals surface area contributed by atoms with Crippen molar-refractivity contribution in [2.45, 2.75) is 39.3 Å². The van der Waals surface area contributed by atoms with Crippen LogP contribution >= 0.6 is 43.2 Å². The molecule has 2 heterocycles. The molecule has 2 atom stereocenters. The zero-order chi connectivity index (χ0) is 14.2. The zero-order valence-electron chi connectivity index (χ0n) is 11.2. The lowest BCUT2D eigenvalue weighted by molar-refractivity contribution is 0.421. The van der Waals surface area contributed by atoms with Gasteiger partial charge in [0.2, 0.25) is 0 Å². The van der Waals surface area contributed by atoms with Gasteiger partial charge in [0.05, 0.1) is 15.9 Å². The van der Waals surface area contributed by atoms with Gasteiger partial charge in [0.15, 0.2) is 0 Å². The fourth-order valence-corrected chi connectivity index (χ4v) is 4.00. The van der Waals surface area contributed by atoms with Crippen LogP contribution in [0.3, 0.4) is 0 Å². The second-order valence-electron chi connectivity index (χ2n) is 4.61. The molecule has 0 aliphatic carbocycles. The molecule has 0 aliphatic rings. The molecule has 104 valence electrons. The fraction of sp³-hybridized carbons (Fsp3) is 0.462. The van der Waals surface area contributed by atoms with Gasteiger partial charge in [-0.15, -0.1) is 11.3 Å². The molecule has 6 heteroatoms. The van der Waals surface area contributed by atoms with E-state index in [2.05, 4.69) is 62.3 Å². The minimum absolute atomic E-state index is 0.0513. The molecule has 0 aliphatic heterocycles. The number of aryl methyl sites for hydroxylation is 1. The van der Waals surface area contributed by atoms with Crippen molar-refractivity contribution in [3.8, 4) is 0 Å². The van der Waals surface area contributed by atoms with Crippen LogP contribution in [-0.2, 0) is 0 Å². The van der Waals surface area contributed by atoms with Crippen molar-refractivity contribution in [2.75, 3.05) is 0 Å². The van der Waals surface area contributed by atoms with Crippen LogP contribution in [0.5, 0.6) is 0 Å². The van der Waals surface area contributed by atoms with Crippen molar-refractivity contribution < 1.29 is 0 Å². The van der Waals surface area contributed by atoms with Crippen LogP contribution in [0.1, 0.15) is 35.7 Å². The van der Waals surface area contributed by atoms with Gasteiger partial charge >= 0.3 is 0 Å². The fourth-order valence-electron chi connectivity index (χ4n) is 2.13. The van der Waals surface area contributed by atoms with E-state index in [1.165, 1.54) is 4.88 Å². The second-order valence-corrected chi connectivity index (χ2v) is 7.27. The van der Waals surface area contributed by atoms with Crippen molar-refractivity contribution in [3.05, 3.63) is 36.7 Å². The molecule has 0 saturated carbocycles. The average molecular weight is 407 g/mol. The summed E-state index contributed by atoms with van der Waals surface area (Å²) in [6, 6.07) is 2.27. The molecular weight excluding hydrogens is 390 g/mol. The molecule has 2 N–H and O–H groups in total. The molecule has 2 aromatic heterocycles. The first kappa shape index (κ1) is 15.2. The smallest absolute Gasteiger partial charge is 0.101 e. The Morgan fingerprint density at radius 3 is 2.53 bits per heavy atom. The van der Waals surface area contributed by atoms with Gasteiger partial charge in [-0.05, 0) is 58.2 Å². The quantitative estimate of drug-likeness (QED) is 0.816. The summed E-state index contributed by atoms with van der Waals surface area (Å²) >= 11 is 8.82. The predicted molar refractivity (Wildman–Crippen MR) is 87.8 cm³/mol. The monoisotopic (exact) mass is 405 g/mol. The van der Waals surface area contributed by atoms with Crippen LogP contribution in [-0.4, -0.2) is 15.8 Å².